The summed E-state index contributed by atoms with van der Waals surface area (Å²) in [4.78, 5) is 0.139. The van der Waals surface area contributed by atoms with E-state index in [2.05, 4.69) is 5.32 Å². The number of nitrogens with one attached hydrogen (secondary N) is 1. The highest BCUT2D eigenvalue weighted by molar-refractivity contribution is 7.84. The molecule has 1 aromatic rings. The molecule has 1 rings (SSSR count). The van der Waals surface area contributed by atoms with E-state index in [1.165, 1.54) is 12.1 Å². The number of halogens is 1. The minimum atomic E-state index is -0.862. The lowest BCUT2D eigenvalue weighted by atomic mass is 10.1. The highest BCUT2D eigenvalue weighted by Crippen LogP contribution is 2.16. The Morgan fingerprint density at radius 2 is 2.31 bits per heavy atom. The average Bonchev–Trinajstić information content (AvgIpc) is 2.19. The molecule has 0 aromatic heterocycles. The lowest BCUT2D eigenvalue weighted by molar-refractivity contribution is 0.627. The molecule has 0 aliphatic heterocycles. The van der Waals surface area contributed by atoms with Crippen molar-refractivity contribution in [1.29, 1.82) is 0 Å². The summed E-state index contributed by atoms with van der Waals surface area (Å²) in [7, 11) is -0.862. The van der Waals surface area contributed by atoms with Crippen molar-refractivity contribution in [2.24, 2.45) is 5.73 Å². The van der Waals surface area contributed by atoms with E-state index in [1.54, 1.807) is 12.3 Å². The topological polar surface area (TPSA) is 55.1 Å². The molecule has 0 aliphatic rings. The van der Waals surface area contributed by atoms with Crippen LogP contribution in [-0.2, 0) is 10.8 Å². The summed E-state index contributed by atoms with van der Waals surface area (Å²) < 4.78 is 23.8. The molecular formula is C10H13FN2OS2. The maximum atomic E-state index is 13.0. The summed E-state index contributed by atoms with van der Waals surface area (Å²) in [5.74, 6) is 0.140. The first-order valence-electron chi connectivity index (χ1n) is 4.64. The van der Waals surface area contributed by atoms with E-state index in [9.17, 15) is 8.60 Å². The van der Waals surface area contributed by atoms with Crippen molar-refractivity contribution < 1.29 is 8.60 Å². The Morgan fingerprint density at radius 1 is 1.62 bits per heavy atom. The fraction of sp³-hybridized carbons (Fsp3) is 0.300. The summed E-state index contributed by atoms with van der Waals surface area (Å²) in [6.07, 6.45) is 1.63. The molecule has 0 radical (unpaired) electrons. The van der Waals surface area contributed by atoms with E-state index in [0.717, 1.165) is 0 Å². The Morgan fingerprint density at radius 3 is 2.88 bits per heavy atom. The zero-order chi connectivity index (χ0) is 12.1. The highest BCUT2D eigenvalue weighted by Gasteiger charge is 2.06. The third-order valence-corrected chi connectivity index (χ3v) is 2.95. The molecule has 6 heteroatoms. The molecule has 1 unspecified atom stereocenters. The number of hydrogen-bond acceptors (Lipinski definition) is 3. The van der Waals surface area contributed by atoms with Crippen molar-refractivity contribution in [1.82, 2.24) is 0 Å². The molecule has 0 fully saturated rings. The van der Waals surface area contributed by atoms with E-state index in [0.29, 0.717) is 23.5 Å². The number of thiocarbonyl (C=S) groups is 1. The number of benzene rings is 1. The van der Waals surface area contributed by atoms with Crippen molar-refractivity contribution in [2.75, 3.05) is 23.9 Å². The Bertz CT molecular complexity index is 423. The van der Waals surface area contributed by atoms with Crippen LogP contribution in [0, 0.1) is 5.82 Å². The molecule has 0 amide bonds. The van der Waals surface area contributed by atoms with Gasteiger partial charge >= 0.3 is 0 Å². The van der Waals surface area contributed by atoms with Gasteiger partial charge in [0.2, 0.25) is 0 Å². The van der Waals surface area contributed by atoms with Gasteiger partial charge in [-0.3, -0.25) is 4.21 Å². The second-order valence-electron chi connectivity index (χ2n) is 3.26. The molecule has 3 nitrogen and oxygen atoms in total. The van der Waals surface area contributed by atoms with Gasteiger partial charge < -0.3 is 11.1 Å². The van der Waals surface area contributed by atoms with Crippen LogP contribution in [0.15, 0.2) is 18.2 Å². The largest absolute Gasteiger partial charge is 0.389 e. The first kappa shape index (κ1) is 13.1. The van der Waals surface area contributed by atoms with E-state index >= 15 is 0 Å². The van der Waals surface area contributed by atoms with Gasteiger partial charge in [-0.1, -0.05) is 12.2 Å². The molecule has 0 saturated heterocycles. The maximum absolute atomic E-state index is 13.0. The quantitative estimate of drug-likeness (QED) is 0.782. The molecule has 0 saturated carbocycles. The van der Waals surface area contributed by atoms with Crippen molar-refractivity contribution in [3.05, 3.63) is 29.6 Å². The minimum absolute atomic E-state index is 0.139. The third kappa shape index (κ3) is 3.86. The lowest BCUT2D eigenvalue weighted by Crippen LogP contribution is -2.16. The van der Waals surface area contributed by atoms with Gasteiger partial charge in [-0.2, -0.15) is 0 Å². The molecular weight excluding hydrogens is 247 g/mol. The summed E-state index contributed by atoms with van der Waals surface area (Å²) in [5.41, 5.74) is 6.62. The van der Waals surface area contributed by atoms with Gasteiger partial charge in [-0.15, -0.1) is 0 Å². The van der Waals surface area contributed by atoms with Gasteiger partial charge in [0.1, 0.15) is 10.8 Å². The summed E-state index contributed by atoms with van der Waals surface area (Å²) >= 11 is 4.82. The Kier molecular flexibility index (Phi) is 4.82. The average molecular weight is 260 g/mol. The predicted octanol–water partition coefficient (Wildman–Crippen LogP) is 1.25. The van der Waals surface area contributed by atoms with Gasteiger partial charge in [0.25, 0.3) is 0 Å². The van der Waals surface area contributed by atoms with Crippen LogP contribution in [0.1, 0.15) is 5.56 Å². The Labute approximate surface area is 102 Å². The van der Waals surface area contributed by atoms with Gasteiger partial charge in [0, 0.05) is 40.6 Å². The number of rotatable bonds is 5. The van der Waals surface area contributed by atoms with Crippen LogP contribution in [-0.4, -0.2) is 27.8 Å². The molecule has 3 N–H and O–H groups in total. The second kappa shape index (κ2) is 5.91. The van der Waals surface area contributed by atoms with Crippen LogP contribution in [0.25, 0.3) is 0 Å². The Balaban J connectivity index is 2.78. The fourth-order valence-electron chi connectivity index (χ4n) is 1.20. The maximum Gasteiger partial charge on any atom is 0.124 e. The number of hydrogen-bond donors (Lipinski definition) is 2. The zero-order valence-corrected chi connectivity index (χ0v) is 10.5. The zero-order valence-electron chi connectivity index (χ0n) is 8.83. The molecule has 0 heterocycles. The summed E-state index contributed by atoms with van der Waals surface area (Å²) in [6, 6.07) is 4.18. The van der Waals surface area contributed by atoms with E-state index in [1.807, 2.05) is 0 Å². The molecule has 0 aliphatic carbocycles. The first-order valence-corrected chi connectivity index (χ1v) is 6.77. The summed E-state index contributed by atoms with van der Waals surface area (Å²) in [6.45, 7) is 0.532. The normalized spacial score (nSPS) is 12.1. The van der Waals surface area contributed by atoms with E-state index in [-0.39, 0.29) is 10.8 Å². The van der Waals surface area contributed by atoms with Crippen LogP contribution in [0.5, 0.6) is 0 Å². The molecule has 1 aromatic carbocycles. The molecule has 88 valence electrons. The van der Waals surface area contributed by atoms with Crippen molar-refractivity contribution >= 4 is 33.7 Å². The van der Waals surface area contributed by atoms with Gasteiger partial charge in [-0.05, 0) is 18.2 Å². The molecule has 0 spiro atoms. The van der Waals surface area contributed by atoms with E-state index in [4.69, 9.17) is 18.0 Å². The first-order chi connectivity index (χ1) is 7.50. The molecule has 1 atom stereocenters. The van der Waals surface area contributed by atoms with Crippen LogP contribution in [0.4, 0.5) is 10.1 Å². The highest BCUT2D eigenvalue weighted by atomic mass is 32.2. The van der Waals surface area contributed by atoms with Gasteiger partial charge in [0.05, 0.1) is 0 Å². The Hall–Kier alpha value is -1.01. The van der Waals surface area contributed by atoms with Crippen LogP contribution >= 0.6 is 12.2 Å². The fourth-order valence-corrected chi connectivity index (χ4v) is 1.76. The van der Waals surface area contributed by atoms with Gasteiger partial charge in [-0.25, -0.2) is 4.39 Å². The SMILES string of the molecule is CS(=O)CCNc1ccc(F)cc1C(N)=S. The van der Waals surface area contributed by atoms with Crippen LogP contribution in [0.3, 0.4) is 0 Å². The molecule has 0 bridgehead atoms. The summed E-state index contributed by atoms with van der Waals surface area (Å²) in [5, 5.41) is 3.03. The third-order valence-electron chi connectivity index (χ3n) is 1.95. The number of anilines is 1. The lowest BCUT2D eigenvalue weighted by Gasteiger charge is -2.10. The smallest absolute Gasteiger partial charge is 0.124 e. The monoisotopic (exact) mass is 260 g/mol. The second-order valence-corrected chi connectivity index (χ2v) is 5.25. The van der Waals surface area contributed by atoms with E-state index < -0.39 is 10.8 Å². The minimum Gasteiger partial charge on any atom is -0.389 e. The molecule has 16 heavy (non-hydrogen) atoms. The number of nitrogens with two attached hydrogens (primary N) is 1. The standard InChI is InChI=1S/C10H13FN2OS2/c1-16(14)5-4-13-9-3-2-7(11)6-8(9)10(12)15/h2-3,6,13H,4-5H2,1H3,(H2,12,15). The predicted molar refractivity (Wildman–Crippen MR) is 69.7 cm³/mol. The van der Waals surface area contributed by atoms with Crippen molar-refractivity contribution in [3.8, 4) is 0 Å². The van der Waals surface area contributed by atoms with Gasteiger partial charge in [0.15, 0.2) is 0 Å². The van der Waals surface area contributed by atoms with Crippen molar-refractivity contribution in [3.63, 3.8) is 0 Å². The van der Waals surface area contributed by atoms with Crippen LogP contribution < -0.4 is 11.1 Å². The van der Waals surface area contributed by atoms with Crippen molar-refractivity contribution in [2.45, 2.75) is 0 Å². The van der Waals surface area contributed by atoms with Crippen LogP contribution in [0.2, 0.25) is 0 Å².